The largest absolute Gasteiger partial charge is 0.411 e. The molecule has 1 fully saturated rings. The Bertz CT molecular complexity index is 744. The summed E-state index contributed by atoms with van der Waals surface area (Å²) in [6.07, 6.45) is 2.06. The number of non-ortho nitro benzene ring substituents is 1. The lowest BCUT2D eigenvalue weighted by molar-refractivity contribution is -0.384. The van der Waals surface area contributed by atoms with Gasteiger partial charge in [0.05, 0.1) is 10.2 Å². The van der Waals surface area contributed by atoms with Gasteiger partial charge in [0, 0.05) is 23.7 Å². The second-order valence-electron chi connectivity index (χ2n) is 5.22. The average Bonchev–Trinajstić information content (AvgIpc) is 3.23. The van der Waals surface area contributed by atoms with Crippen LogP contribution in [-0.4, -0.2) is 32.3 Å². The first-order chi connectivity index (χ1) is 11.0. The van der Waals surface area contributed by atoms with E-state index < -0.39 is 4.92 Å². The number of hydrogen-bond acceptors (Lipinski definition) is 7. The Balaban J connectivity index is 1.68. The van der Waals surface area contributed by atoms with E-state index >= 15 is 0 Å². The van der Waals surface area contributed by atoms with Gasteiger partial charge in [-0.25, -0.2) is 0 Å². The first kappa shape index (κ1) is 15.5. The molecule has 1 N–H and O–H groups in total. The van der Waals surface area contributed by atoms with Gasteiger partial charge in [0.1, 0.15) is 0 Å². The lowest BCUT2D eigenvalue weighted by atomic mass is 10.2. The number of nitrogens with one attached hydrogen (secondary N) is 1. The summed E-state index contributed by atoms with van der Waals surface area (Å²) < 4.78 is 5.48. The summed E-state index contributed by atoms with van der Waals surface area (Å²) in [4.78, 5) is 22.2. The summed E-state index contributed by atoms with van der Waals surface area (Å²) in [7, 11) is 0. The highest BCUT2D eigenvalue weighted by Crippen LogP contribution is 2.28. The van der Waals surface area contributed by atoms with Crippen molar-refractivity contribution in [2.45, 2.75) is 36.3 Å². The van der Waals surface area contributed by atoms with Crippen LogP contribution in [0.5, 0.6) is 0 Å². The Labute approximate surface area is 135 Å². The highest BCUT2D eigenvalue weighted by Gasteiger charge is 2.27. The van der Waals surface area contributed by atoms with Crippen molar-refractivity contribution in [1.29, 1.82) is 0 Å². The van der Waals surface area contributed by atoms with Crippen molar-refractivity contribution < 1.29 is 14.1 Å². The minimum atomic E-state index is -0.486. The smallest absolute Gasteiger partial charge is 0.277 e. The van der Waals surface area contributed by atoms with Crippen molar-refractivity contribution in [2.24, 2.45) is 0 Å². The molecule has 0 aliphatic heterocycles. The van der Waals surface area contributed by atoms with Crippen molar-refractivity contribution in [1.82, 2.24) is 15.5 Å². The molecule has 9 heteroatoms. The van der Waals surface area contributed by atoms with Gasteiger partial charge in [-0.1, -0.05) is 17.8 Å². The van der Waals surface area contributed by atoms with E-state index in [1.54, 1.807) is 19.1 Å². The topological polar surface area (TPSA) is 111 Å². The van der Waals surface area contributed by atoms with Gasteiger partial charge in [0.2, 0.25) is 11.8 Å². The molecule has 0 saturated heterocycles. The maximum atomic E-state index is 11.9. The zero-order valence-electron chi connectivity index (χ0n) is 12.3. The third-order valence-corrected chi connectivity index (χ3v) is 4.22. The van der Waals surface area contributed by atoms with Gasteiger partial charge in [-0.05, 0) is 25.8 Å². The zero-order chi connectivity index (χ0) is 16.4. The monoisotopic (exact) mass is 334 g/mol. The van der Waals surface area contributed by atoms with Crippen molar-refractivity contribution in [3.63, 3.8) is 0 Å². The summed E-state index contributed by atoms with van der Waals surface area (Å²) in [6, 6.07) is 6.26. The highest BCUT2D eigenvalue weighted by atomic mass is 32.2. The van der Waals surface area contributed by atoms with Crippen LogP contribution in [0.25, 0.3) is 11.5 Å². The maximum Gasteiger partial charge on any atom is 0.277 e. The van der Waals surface area contributed by atoms with E-state index in [1.165, 1.54) is 12.1 Å². The Morgan fingerprint density at radius 1 is 1.48 bits per heavy atom. The molecule has 0 spiro atoms. The van der Waals surface area contributed by atoms with Crippen LogP contribution in [0.1, 0.15) is 19.8 Å². The van der Waals surface area contributed by atoms with Crippen molar-refractivity contribution in [3.05, 3.63) is 34.4 Å². The first-order valence-corrected chi connectivity index (χ1v) is 7.96. The van der Waals surface area contributed by atoms with Crippen LogP contribution in [0.3, 0.4) is 0 Å². The molecule has 23 heavy (non-hydrogen) atoms. The Kier molecular flexibility index (Phi) is 4.28. The fourth-order valence-corrected chi connectivity index (χ4v) is 2.57. The van der Waals surface area contributed by atoms with Gasteiger partial charge in [-0.3, -0.25) is 14.9 Å². The molecule has 1 heterocycles. The number of thioether (sulfide) groups is 1. The SMILES string of the molecule is C[C@@H](Sc1nnc(-c2cccc([N+](=O)[O-])c2)o1)C(=O)NC1CC1. The Morgan fingerprint density at radius 3 is 2.96 bits per heavy atom. The van der Waals surface area contributed by atoms with Crippen LogP contribution in [-0.2, 0) is 4.79 Å². The van der Waals surface area contributed by atoms with Gasteiger partial charge in [0.15, 0.2) is 0 Å². The Morgan fingerprint density at radius 2 is 2.26 bits per heavy atom. The van der Waals surface area contributed by atoms with Gasteiger partial charge in [-0.2, -0.15) is 0 Å². The normalized spacial score (nSPS) is 15.2. The van der Waals surface area contributed by atoms with E-state index in [4.69, 9.17) is 4.42 Å². The molecule has 3 rings (SSSR count). The number of nitro groups is 1. The standard InChI is InChI=1S/C14H14N4O4S/c1-8(12(19)15-10-5-6-10)23-14-17-16-13(22-14)9-3-2-4-11(7-9)18(20)21/h2-4,7-8,10H,5-6H2,1H3,(H,15,19)/t8-/m1/s1. The zero-order valence-corrected chi connectivity index (χ0v) is 13.1. The lowest BCUT2D eigenvalue weighted by Gasteiger charge is -2.08. The number of hydrogen-bond donors (Lipinski definition) is 1. The van der Waals surface area contributed by atoms with Crippen LogP contribution < -0.4 is 5.32 Å². The lowest BCUT2D eigenvalue weighted by Crippen LogP contribution is -2.32. The molecule has 8 nitrogen and oxygen atoms in total. The summed E-state index contributed by atoms with van der Waals surface area (Å²) in [6.45, 7) is 1.76. The molecule has 120 valence electrons. The molecule has 0 unspecified atom stereocenters. The van der Waals surface area contributed by atoms with Crippen LogP contribution in [0.4, 0.5) is 5.69 Å². The summed E-state index contributed by atoms with van der Waals surface area (Å²) in [5.74, 6) is 0.124. The van der Waals surface area contributed by atoms with Crippen molar-refractivity contribution in [2.75, 3.05) is 0 Å². The molecular formula is C14H14N4O4S. The summed E-state index contributed by atoms with van der Waals surface area (Å²) >= 11 is 1.16. The molecule has 1 aromatic heterocycles. The number of rotatable bonds is 6. The fraction of sp³-hybridized carbons (Fsp3) is 0.357. The molecule has 0 radical (unpaired) electrons. The highest BCUT2D eigenvalue weighted by molar-refractivity contribution is 8.00. The van der Waals surface area contributed by atoms with Gasteiger partial charge < -0.3 is 9.73 Å². The van der Waals surface area contributed by atoms with Crippen LogP contribution >= 0.6 is 11.8 Å². The molecule has 0 bridgehead atoms. The van der Waals surface area contributed by atoms with E-state index in [2.05, 4.69) is 15.5 Å². The molecule has 2 aromatic rings. The van der Waals surface area contributed by atoms with Crippen molar-refractivity contribution >= 4 is 23.4 Å². The van der Waals surface area contributed by atoms with E-state index in [1.807, 2.05) is 0 Å². The fourth-order valence-electron chi connectivity index (χ4n) is 1.88. The number of amides is 1. The number of benzene rings is 1. The number of nitro benzene ring substituents is 1. The first-order valence-electron chi connectivity index (χ1n) is 7.08. The minimum Gasteiger partial charge on any atom is -0.411 e. The second-order valence-corrected chi connectivity index (χ2v) is 6.52. The van der Waals surface area contributed by atoms with Gasteiger partial charge >= 0.3 is 0 Å². The predicted molar refractivity (Wildman–Crippen MR) is 82.9 cm³/mol. The number of carbonyl (C=O) groups is 1. The van der Waals surface area contributed by atoms with Gasteiger partial charge in [0.25, 0.3) is 10.9 Å². The third kappa shape index (κ3) is 3.86. The molecule has 1 aromatic carbocycles. The van der Waals surface area contributed by atoms with E-state index in [0.29, 0.717) is 11.6 Å². The molecule has 1 atom stereocenters. The number of aromatic nitrogens is 2. The summed E-state index contributed by atoms with van der Waals surface area (Å²) in [5.41, 5.74) is 0.417. The second kappa shape index (κ2) is 6.37. The minimum absolute atomic E-state index is 0.0490. The van der Waals surface area contributed by atoms with E-state index in [0.717, 1.165) is 24.6 Å². The van der Waals surface area contributed by atoms with Gasteiger partial charge in [-0.15, -0.1) is 10.2 Å². The maximum absolute atomic E-state index is 11.9. The molecule has 1 aliphatic carbocycles. The molecule has 1 aliphatic rings. The van der Waals surface area contributed by atoms with Crippen LogP contribution in [0.2, 0.25) is 0 Å². The van der Waals surface area contributed by atoms with E-state index in [9.17, 15) is 14.9 Å². The van der Waals surface area contributed by atoms with Crippen molar-refractivity contribution in [3.8, 4) is 11.5 Å². The van der Waals surface area contributed by atoms with E-state index in [-0.39, 0.29) is 28.0 Å². The molecule has 1 amide bonds. The number of nitrogens with zero attached hydrogens (tertiary/aromatic N) is 3. The quantitative estimate of drug-likeness (QED) is 0.490. The third-order valence-electron chi connectivity index (χ3n) is 3.28. The Hall–Kier alpha value is -2.42. The molecular weight excluding hydrogens is 320 g/mol. The van der Waals surface area contributed by atoms with Crippen LogP contribution in [0.15, 0.2) is 33.9 Å². The predicted octanol–water partition coefficient (Wildman–Crippen LogP) is 2.40. The average molecular weight is 334 g/mol. The van der Waals surface area contributed by atoms with Crippen LogP contribution in [0, 0.1) is 10.1 Å². The summed E-state index contributed by atoms with van der Waals surface area (Å²) in [5, 5.41) is 21.4. The number of carbonyl (C=O) groups excluding carboxylic acids is 1. The molecule has 1 saturated carbocycles.